The molecule has 3 N–H and O–H groups in total. The van der Waals surface area contributed by atoms with Crippen LogP contribution in [0.25, 0.3) is 10.9 Å². The minimum absolute atomic E-state index is 0.0515. The van der Waals surface area contributed by atoms with E-state index in [1.807, 2.05) is 24.3 Å². The number of aromatic amines is 1. The molecular formula is C22H21N3O5. The van der Waals surface area contributed by atoms with Gasteiger partial charge in [-0.25, -0.2) is 0 Å². The molecule has 3 aromatic rings. The zero-order valence-corrected chi connectivity index (χ0v) is 16.3. The third-order valence-corrected chi connectivity index (χ3v) is 5.63. The summed E-state index contributed by atoms with van der Waals surface area (Å²) in [6.45, 7) is 0.208. The van der Waals surface area contributed by atoms with E-state index >= 15 is 0 Å². The van der Waals surface area contributed by atoms with Crippen LogP contribution in [-0.4, -0.2) is 53.2 Å². The number of para-hydroxylation sites is 1. The average molecular weight is 407 g/mol. The lowest BCUT2D eigenvalue weighted by Gasteiger charge is -2.30. The normalized spacial score (nSPS) is 19.3. The number of nitrogens with one attached hydrogen (secondary N) is 2. The molecule has 0 radical (unpaired) electrons. The predicted octanol–water partition coefficient (Wildman–Crippen LogP) is 1.48. The van der Waals surface area contributed by atoms with Crippen LogP contribution >= 0.6 is 0 Å². The van der Waals surface area contributed by atoms with Gasteiger partial charge in [0.2, 0.25) is 18.6 Å². The topological polar surface area (TPSA) is 104 Å². The number of aromatic nitrogens is 1. The molecule has 2 aliphatic rings. The monoisotopic (exact) mass is 407 g/mol. The number of aliphatic hydroxyl groups excluding tert-OH is 1. The van der Waals surface area contributed by atoms with Gasteiger partial charge in [-0.2, -0.15) is 0 Å². The maximum Gasteiger partial charge on any atom is 0.245 e. The van der Waals surface area contributed by atoms with E-state index in [9.17, 15) is 14.7 Å². The number of carbonyl (C=O) groups is 2. The van der Waals surface area contributed by atoms with Gasteiger partial charge in [-0.15, -0.1) is 0 Å². The maximum atomic E-state index is 12.6. The van der Waals surface area contributed by atoms with E-state index in [0.717, 1.165) is 16.5 Å². The minimum Gasteiger partial charge on any atom is -0.454 e. The zero-order chi connectivity index (χ0) is 20.8. The number of ether oxygens (including phenoxy) is 2. The second kappa shape index (κ2) is 7.07. The number of amides is 2. The lowest BCUT2D eigenvalue weighted by Crippen LogP contribution is -2.57. The van der Waals surface area contributed by atoms with E-state index in [1.165, 1.54) is 4.90 Å². The fourth-order valence-electron chi connectivity index (χ4n) is 4.13. The van der Waals surface area contributed by atoms with E-state index in [2.05, 4.69) is 10.3 Å². The summed E-state index contributed by atoms with van der Waals surface area (Å²) in [4.78, 5) is 29.3. The smallest absolute Gasteiger partial charge is 0.245 e. The SMILES string of the molecule is CN1CC(=O)N[C@H](Cc2c(C(O)c3ccc4c(c3)OCO4)[nH]c3ccccc23)C1=O. The van der Waals surface area contributed by atoms with Gasteiger partial charge in [0.1, 0.15) is 12.1 Å². The molecule has 0 bridgehead atoms. The second-order valence-electron chi connectivity index (χ2n) is 7.60. The van der Waals surface area contributed by atoms with Gasteiger partial charge in [0.05, 0.1) is 12.2 Å². The predicted molar refractivity (Wildman–Crippen MR) is 108 cm³/mol. The molecule has 8 nitrogen and oxygen atoms in total. The van der Waals surface area contributed by atoms with Crippen molar-refractivity contribution in [1.29, 1.82) is 0 Å². The van der Waals surface area contributed by atoms with Gasteiger partial charge in [0.15, 0.2) is 11.5 Å². The summed E-state index contributed by atoms with van der Waals surface area (Å²) in [5.74, 6) is 0.880. The highest BCUT2D eigenvalue weighted by Crippen LogP contribution is 2.37. The molecular weight excluding hydrogens is 386 g/mol. The molecule has 0 saturated carbocycles. The van der Waals surface area contributed by atoms with Crippen molar-refractivity contribution in [3.8, 4) is 11.5 Å². The fraction of sp³-hybridized carbons (Fsp3) is 0.273. The summed E-state index contributed by atoms with van der Waals surface area (Å²) >= 11 is 0. The molecule has 8 heteroatoms. The highest BCUT2D eigenvalue weighted by Gasteiger charge is 2.33. The van der Waals surface area contributed by atoms with E-state index in [-0.39, 0.29) is 31.6 Å². The van der Waals surface area contributed by atoms with Crippen LogP contribution in [0.4, 0.5) is 0 Å². The van der Waals surface area contributed by atoms with E-state index < -0.39 is 12.1 Å². The van der Waals surface area contributed by atoms with Gasteiger partial charge >= 0.3 is 0 Å². The number of nitrogens with zero attached hydrogens (tertiary/aromatic N) is 1. The molecule has 2 aromatic carbocycles. The first-order chi connectivity index (χ1) is 14.5. The molecule has 1 saturated heterocycles. The quantitative estimate of drug-likeness (QED) is 0.608. The Morgan fingerprint density at radius 1 is 1.17 bits per heavy atom. The van der Waals surface area contributed by atoms with Crippen LogP contribution in [0.2, 0.25) is 0 Å². The zero-order valence-electron chi connectivity index (χ0n) is 16.3. The first-order valence-electron chi connectivity index (χ1n) is 9.72. The van der Waals surface area contributed by atoms with Crippen LogP contribution in [0.15, 0.2) is 42.5 Å². The number of H-pyrrole nitrogens is 1. The van der Waals surface area contributed by atoms with Crippen LogP contribution in [-0.2, 0) is 16.0 Å². The number of carbonyl (C=O) groups excluding carboxylic acids is 2. The van der Waals surface area contributed by atoms with Crippen molar-refractivity contribution in [2.24, 2.45) is 0 Å². The Hall–Kier alpha value is -3.52. The lowest BCUT2D eigenvalue weighted by molar-refractivity contribution is -0.142. The van der Waals surface area contributed by atoms with Crippen molar-refractivity contribution in [2.45, 2.75) is 18.6 Å². The highest BCUT2D eigenvalue weighted by atomic mass is 16.7. The van der Waals surface area contributed by atoms with Crippen LogP contribution in [0.5, 0.6) is 11.5 Å². The number of piperazine rings is 1. The Kier molecular flexibility index (Phi) is 4.36. The lowest BCUT2D eigenvalue weighted by atomic mass is 9.96. The number of aliphatic hydroxyl groups is 1. The number of likely N-dealkylation sites (N-methyl/N-ethyl adjacent to an activating group) is 1. The van der Waals surface area contributed by atoms with E-state index in [0.29, 0.717) is 22.8 Å². The number of hydrogen-bond donors (Lipinski definition) is 3. The molecule has 1 fully saturated rings. The fourth-order valence-corrected chi connectivity index (χ4v) is 4.13. The Morgan fingerprint density at radius 2 is 1.97 bits per heavy atom. The summed E-state index contributed by atoms with van der Waals surface area (Å²) in [7, 11) is 1.62. The molecule has 0 spiro atoms. The van der Waals surface area contributed by atoms with Crippen molar-refractivity contribution >= 4 is 22.7 Å². The largest absolute Gasteiger partial charge is 0.454 e. The molecule has 1 aromatic heterocycles. The molecule has 2 atom stereocenters. The van der Waals surface area contributed by atoms with Gasteiger partial charge in [-0.3, -0.25) is 9.59 Å². The van der Waals surface area contributed by atoms with E-state index in [1.54, 1.807) is 25.2 Å². The number of fused-ring (bicyclic) bond motifs is 2. The van der Waals surface area contributed by atoms with Gasteiger partial charge < -0.3 is 29.8 Å². The Morgan fingerprint density at radius 3 is 2.83 bits per heavy atom. The molecule has 0 aliphatic carbocycles. The summed E-state index contributed by atoms with van der Waals surface area (Å²) in [5.41, 5.74) is 2.88. The molecule has 3 heterocycles. The van der Waals surface area contributed by atoms with Crippen LogP contribution < -0.4 is 14.8 Å². The molecule has 5 rings (SSSR count). The van der Waals surface area contributed by atoms with Gasteiger partial charge in [-0.05, 0) is 29.3 Å². The molecule has 30 heavy (non-hydrogen) atoms. The van der Waals surface area contributed by atoms with Crippen LogP contribution in [0, 0.1) is 0 Å². The number of benzene rings is 2. The van der Waals surface area contributed by atoms with Crippen LogP contribution in [0.3, 0.4) is 0 Å². The Balaban J connectivity index is 1.55. The molecule has 154 valence electrons. The van der Waals surface area contributed by atoms with Crippen molar-refractivity contribution in [2.75, 3.05) is 20.4 Å². The van der Waals surface area contributed by atoms with Gasteiger partial charge in [-0.1, -0.05) is 24.3 Å². The molecule has 2 aliphatic heterocycles. The molecule has 1 unspecified atom stereocenters. The first kappa shape index (κ1) is 18.5. The van der Waals surface area contributed by atoms with Crippen molar-refractivity contribution < 1.29 is 24.2 Å². The van der Waals surface area contributed by atoms with Gasteiger partial charge in [0, 0.05) is 24.4 Å². The van der Waals surface area contributed by atoms with Crippen LogP contribution in [0.1, 0.15) is 22.9 Å². The maximum absolute atomic E-state index is 12.6. The summed E-state index contributed by atoms with van der Waals surface area (Å²) in [6.07, 6.45) is -0.690. The first-order valence-corrected chi connectivity index (χ1v) is 9.72. The third kappa shape index (κ3) is 3.05. The van der Waals surface area contributed by atoms with Crippen molar-refractivity contribution in [1.82, 2.24) is 15.2 Å². The highest BCUT2D eigenvalue weighted by molar-refractivity contribution is 5.95. The van der Waals surface area contributed by atoms with Gasteiger partial charge in [0.25, 0.3) is 0 Å². The average Bonchev–Trinajstić information content (AvgIpc) is 3.35. The Labute approximate surface area is 172 Å². The minimum atomic E-state index is -0.964. The third-order valence-electron chi connectivity index (χ3n) is 5.63. The van der Waals surface area contributed by atoms with Crippen molar-refractivity contribution in [3.63, 3.8) is 0 Å². The summed E-state index contributed by atoms with van der Waals surface area (Å²) < 4.78 is 10.8. The summed E-state index contributed by atoms with van der Waals surface area (Å²) in [6, 6.07) is 12.3. The van der Waals surface area contributed by atoms with Crippen molar-refractivity contribution in [3.05, 3.63) is 59.3 Å². The number of hydrogen-bond acceptors (Lipinski definition) is 5. The van der Waals surface area contributed by atoms with E-state index in [4.69, 9.17) is 9.47 Å². The summed E-state index contributed by atoms with van der Waals surface area (Å²) in [5, 5.41) is 14.9. The Bertz CT molecular complexity index is 1150. The second-order valence-corrected chi connectivity index (χ2v) is 7.60. The standard InChI is InChI=1S/C22H21N3O5/c1-25-10-19(26)23-16(22(25)28)9-14-13-4-2-3-5-15(13)24-20(14)21(27)12-6-7-17-18(8-12)30-11-29-17/h2-8,16,21,24,27H,9-11H2,1H3,(H,23,26)/t16-,21?/m1/s1. The molecule has 2 amide bonds. The number of rotatable bonds is 4.